The number of fused-ring (bicyclic) bond motifs is 1. The summed E-state index contributed by atoms with van der Waals surface area (Å²) in [6.07, 6.45) is 2.59. The van der Waals surface area contributed by atoms with Crippen molar-refractivity contribution in [2.45, 2.75) is 46.6 Å². The number of benzene rings is 2. The van der Waals surface area contributed by atoms with E-state index in [0.717, 1.165) is 33.8 Å². The van der Waals surface area contributed by atoms with Gasteiger partial charge in [0.15, 0.2) is 0 Å². The van der Waals surface area contributed by atoms with Crippen LogP contribution in [0.1, 0.15) is 49.8 Å². The maximum absolute atomic E-state index is 13.4. The van der Waals surface area contributed by atoms with Crippen LogP contribution >= 0.6 is 0 Å². The van der Waals surface area contributed by atoms with Crippen molar-refractivity contribution in [2.24, 2.45) is 11.3 Å². The molecule has 2 unspecified atom stereocenters. The molecule has 2 aromatic carbocycles. The average molecular weight is 446 g/mol. The van der Waals surface area contributed by atoms with Crippen molar-refractivity contribution in [3.63, 3.8) is 0 Å². The minimum absolute atomic E-state index is 0.145. The van der Waals surface area contributed by atoms with E-state index in [-0.39, 0.29) is 23.7 Å². The summed E-state index contributed by atoms with van der Waals surface area (Å²) in [4.78, 5) is 26.8. The summed E-state index contributed by atoms with van der Waals surface area (Å²) in [6.45, 7) is 8.19. The predicted molar refractivity (Wildman–Crippen MR) is 128 cm³/mol. The second-order valence-electron chi connectivity index (χ2n) is 9.63. The van der Waals surface area contributed by atoms with Gasteiger partial charge in [-0.05, 0) is 48.1 Å². The lowest BCUT2D eigenvalue weighted by atomic mass is 9.66. The first-order chi connectivity index (χ1) is 15.7. The summed E-state index contributed by atoms with van der Waals surface area (Å²) in [5.74, 6) is -0.318. The molecule has 0 spiro atoms. The third-order valence-corrected chi connectivity index (χ3v) is 6.51. The molecule has 0 radical (unpaired) electrons. The summed E-state index contributed by atoms with van der Waals surface area (Å²) in [7, 11) is 1.61. The summed E-state index contributed by atoms with van der Waals surface area (Å²) >= 11 is 0. The lowest BCUT2D eigenvalue weighted by molar-refractivity contribution is -0.141. The molecule has 172 valence electrons. The summed E-state index contributed by atoms with van der Waals surface area (Å²) in [5.41, 5.74) is 4.82. The molecule has 1 aliphatic carbocycles. The van der Waals surface area contributed by atoms with Crippen molar-refractivity contribution in [1.29, 1.82) is 0 Å². The van der Waals surface area contributed by atoms with Crippen molar-refractivity contribution in [3.8, 4) is 5.75 Å². The Morgan fingerprint density at radius 2 is 1.76 bits per heavy atom. The molecule has 5 nitrogen and oxygen atoms in total. The highest BCUT2D eigenvalue weighted by molar-refractivity contribution is 5.96. The van der Waals surface area contributed by atoms with Gasteiger partial charge in [0.1, 0.15) is 18.1 Å². The Morgan fingerprint density at radius 3 is 2.42 bits per heavy atom. The maximum Gasteiger partial charge on any atom is 0.336 e. The smallest absolute Gasteiger partial charge is 0.336 e. The van der Waals surface area contributed by atoms with E-state index < -0.39 is 11.9 Å². The van der Waals surface area contributed by atoms with Crippen LogP contribution in [-0.4, -0.2) is 18.9 Å². The van der Waals surface area contributed by atoms with Crippen molar-refractivity contribution in [3.05, 3.63) is 88.3 Å². The second-order valence-corrected chi connectivity index (χ2v) is 9.63. The number of esters is 1. The van der Waals surface area contributed by atoms with E-state index >= 15 is 0 Å². The van der Waals surface area contributed by atoms with Crippen LogP contribution in [0.2, 0.25) is 0 Å². The van der Waals surface area contributed by atoms with Gasteiger partial charge in [0.05, 0.1) is 18.6 Å². The molecular weight excluding hydrogens is 414 g/mol. The van der Waals surface area contributed by atoms with Gasteiger partial charge in [-0.15, -0.1) is 0 Å². The van der Waals surface area contributed by atoms with Crippen LogP contribution in [0.5, 0.6) is 5.75 Å². The van der Waals surface area contributed by atoms with Gasteiger partial charge in [0.25, 0.3) is 0 Å². The fraction of sp³-hybridized carbons (Fsp3) is 0.357. The normalized spacial score (nSPS) is 21.6. The van der Waals surface area contributed by atoms with Gasteiger partial charge < -0.3 is 14.8 Å². The van der Waals surface area contributed by atoms with E-state index in [2.05, 4.69) is 25.2 Å². The molecule has 0 amide bonds. The Morgan fingerprint density at radius 1 is 1.06 bits per heavy atom. The van der Waals surface area contributed by atoms with Gasteiger partial charge >= 0.3 is 5.97 Å². The van der Waals surface area contributed by atoms with E-state index in [4.69, 9.17) is 9.47 Å². The van der Waals surface area contributed by atoms with Crippen molar-refractivity contribution < 1.29 is 19.1 Å². The number of allylic oxidation sites excluding steroid dienone is 3. The monoisotopic (exact) mass is 445 g/mol. The van der Waals surface area contributed by atoms with E-state index in [1.54, 1.807) is 7.11 Å². The molecule has 4 rings (SSSR count). The number of ether oxygens (including phenoxy) is 2. The van der Waals surface area contributed by atoms with E-state index in [1.807, 2.05) is 62.4 Å². The molecule has 1 N–H and O–H groups in total. The number of Topliss-reactive ketones (excluding diaryl/α,β-unsaturated/α-hetero) is 1. The Bertz CT molecular complexity index is 1140. The molecule has 33 heavy (non-hydrogen) atoms. The van der Waals surface area contributed by atoms with E-state index in [0.29, 0.717) is 12.0 Å². The fourth-order valence-electron chi connectivity index (χ4n) is 4.96. The molecule has 0 fully saturated rings. The number of ketones is 1. The minimum Gasteiger partial charge on any atom is -0.497 e. The highest BCUT2D eigenvalue weighted by Crippen LogP contribution is 2.47. The molecule has 0 bridgehead atoms. The molecule has 0 aromatic heterocycles. The molecule has 1 heterocycles. The van der Waals surface area contributed by atoms with Crippen LogP contribution in [0.3, 0.4) is 0 Å². The predicted octanol–water partition coefficient (Wildman–Crippen LogP) is 5.21. The van der Waals surface area contributed by atoms with Crippen molar-refractivity contribution >= 4 is 11.8 Å². The first kappa shape index (κ1) is 22.8. The van der Waals surface area contributed by atoms with Crippen molar-refractivity contribution in [2.75, 3.05) is 7.11 Å². The largest absolute Gasteiger partial charge is 0.497 e. The summed E-state index contributed by atoms with van der Waals surface area (Å²) < 4.78 is 10.9. The Hall–Kier alpha value is -3.34. The Labute approximate surface area is 195 Å². The highest BCUT2D eigenvalue weighted by Gasteiger charge is 2.46. The first-order valence-corrected chi connectivity index (χ1v) is 11.3. The lowest BCUT2D eigenvalue weighted by Gasteiger charge is -2.41. The summed E-state index contributed by atoms with van der Waals surface area (Å²) in [6, 6.07) is 15.4. The zero-order chi connectivity index (χ0) is 23.8. The number of nitrogens with one attached hydrogen (secondary N) is 1. The zero-order valence-electron chi connectivity index (χ0n) is 19.9. The third kappa shape index (κ3) is 4.58. The van der Waals surface area contributed by atoms with Crippen LogP contribution in [0.4, 0.5) is 0 Å². The number of carbonyl (C=O) groups excluding carboxylic acids is 2. The molecule has 1 aliphatic heterocycles. The topological polar surface area (TPSA) is 64.6 Å². The SMILES string of the molecule is COc1ccc(COC(=O)C2=C(C)NC3=CC(C)(C)CC(=O)C3C2c2ccccc2C)cc1. The maximum atomic E-state index is 13.4. The van der Waals surface area contributed by atoms with Crippen LogP contribution in [0.25, 0.3) is 0 Å². The first-order valence-electron chi connectivity index (χ1n) is 11.3. The second kappa shape index (κ2) is 8.89. The molecule has 0 saturated heterocycles. The van der Waals surface area contributed by atoms with Gasteiger partial charge in [0, 0.05) is 23.7 Å². The van der Waals surface area contributed by atoms with Gasteiger partial charge in [-0.25, -0.2) is 4.79 Å². The number of methoxy groups -OCH3 is 1. The van der Waals surface area contributed by atoms with Gasteiger partial charge in [-0.3, -0.25) is 4.79 Å². The van der Waals surface area contributed by atoms with E-state index in [1.165, 1.54) is 0 Å². The number of rotatable bonds is 5. The number of hydrogen-bond donors (Lipinski definition) is 1. The molecule has 0 saturated carbocycles. The van der Waals surface area contributed by atoms with E-state index in [9.17, 15) is 9.59 Å². The standard InChI is InChI=1S/C28H31NO4/c1-17-8-6-7-9-21(17)25-24(27(31)33-16-19-10-12-20(32-5)13-11-19)18(2)29-22-14-28(3,4)15-23(30)26(22)25/h6-14,25-26,29H,15-16H2,1-5H3. The van der Waals surface area contributed by atoms with Crippen LogP contribution in [0.15, 0.2) is 71.6 Å². The number of aryl methyl sites for hydroxylation is 1. The quantitative estimate of drug-likeness (QED) is 0.641. The zero-order valence-corrected chi connectivity index (χ0v) is 19.9. The molecule has 2 aromatic rings. The van der Waals surface area contributed by atoms with Gasteiger partial charge in [-0.2, -0.15) is 0 Å². The van der Waals surface area contributed by atoms with Gasteiger partial charge in [-0.1, -0.05) is 56.3 Å². The molecule has 5 heteroatoms. The number of carbonyl (C=O) groups is 2. The minimum atomic E-state index is -0.425. The van der Waals surface area contributed by atoms with Gasteiger partial charge in [0.2, 0.25) is 0 Å². The Kier molecular flexibility index (Phi) is 6.15. The molecule has 2 aliphatic rings. The molecular formula is C28H31NO4. The lowest BCUT2D eigenvalue weighted by Crippen LogP contribution is -2.43. The number of hydrogen-bond acceptors (Lipinski definition) is 5. The molecule has 2 atom stereocenters. The fourth-order valence-corrected chi connectivity index (χ4v) is 4.96. The highest BCUT2D eigenvalue weighted by atomic mass is 16.5. The van der Waals surface area contributed by atoms with Crippen LogP contribution < -0.4 is 10.1 Å². The van der Waals surface area contributed by atoms with Crippen LogP contribution in [-0.2, 0) is 20.9 Å². The van der Waals surface area contributed by atoms with Crippen LogP contribution in [0, 0.1) is 18.3 Å². The average Bonchev–Trinajstić information content (AvgIpc) is 2.76. The third-order valence-electron chi connectivity index (χ3n) is 6.51. The van der Waals surface area contributed by atoms with Crippen molar-refractivity contribution in [1.82, 2.24) is 5.32 Å². The summed E-state index contributed by atoms with van der Waals surface area (Å²) in [5, 5.41) is 3.37. The Balaban J connectivity index is 1.71.